The number of hydrogen-bond acceptors (Lipinski definition) is 4. The van der Waals surface area contributed by atoms with Gasteiger partial charge in [0.15, 0.2) is 5.65 Å². The van der Waals surface area contributed by atoms with Gasteiger partial charge in [-0.3, -0.25) is 14.2 Å². The molecule has 0 atom stereocenters. The summed E-state index contributed by atoms with van der Waals surface area (Å²) in [5, 5.41) is 9.89. The molecule has 0 fully saturated rings. The third kappa shape index (κ3) is 3.76. The summed E-state index contributed by atoms with van der Waals surface area (Å²) in [6.45, 7) is 1.23. The van der Waals surface area contributed by atoms with Crippen LogP contribution in [0.1, 0.15) is 15.9 Å². The highest BCUT2D eigenvalue weighted by Crippen LogP contribution is 2.19. The lowest BCUT2D eigenvalue weighted by atomic mass is 10.0. The summed E-state index contributed by atoms with van der Waals surface area (Å²) in [7, 11) is 0. The van der Waals surface area contributed by atoms with E-state index in [1.165, 1.54) is 0 Å². The first-order chi connectivity index (χ1) is 15.7. The third-order valence-corrected chi connectivity index (χ3v) is 5.49. The largest absolute Gasteiger partial charge is 0.350 e. The molecule has 158 valence electrons. The van der Waals surface area contributed by atoms with Crippen molar-refractivity contribution in [1.82, 2.24) is 24.6 Å². The summed E-state index contributed by atoms with van der Waals surface area (Å²) in [5.41, 5.74) is 2.04. The molecule has 0 saturated heterocycles. The molecule has 1 N–H and O–H groups in total. The van der Waals surface area contributed by atoms with Crippen molar-refractivity contribution in [2.45, 2.75) is 13.1 Å². The second-order valence-electron chi connectivity index (χ2n) is 7.54. The number of nitrogens with zero attached hydrogens (tertiary/aromatic N) is 4. The Balaban J connectivity index is 1.34. The number of amides is 1. The molecule has 0 aliphatic carbocycles. The van der Waals surface area contributed by atoms with Crippen molar-refractivity contribution in [3.8, 4) is 0 Å². The van der Waals surface area contributed by atoms with E-state index in [-0.39, 0.29) is 11.5 Å². The van der Waals surface area contributed by atoms with Gasteiger partial charge >= 0.3 is 0 Å². The summed E-state index contributed by atoms with van der Waals surface area (Å²) in [6.07, 6.45) is 3.11. The zero-order chi connectivity index (χ0) is 21.9. The molecule has 0 bridgehead atoms. The fourth-order valence-corrected chi connectivity index (χ4v) is 3.85. The van der Waals surface area contributed by atoms with Crippen LogP contribution >= 0.6 is 0 Å². The molecule has 0 unspecified atom stereocenters. The van der Waals surface area contributed by atoms with Crippen molar-refractivity contribution in [2.24, 2.45) is 0 Å². The van der Waals surface area contributed by atoms with E-state index < -0.39 is 0 Å². The van der Waals surface area contributed by atoms with Crippen LogP contribution in [0.2, 0.25) is 0 Å². The monoisotopic (exact) mass is 423 g/mol. The van der Waals surface area contributed by atoms with Crippen LogP contribution in [-0.2, 0) is 13.1 Å². The third-order valence-electron chi connectivity index (χ3n) is 5.49. The Kier molecular flexibility index (Phi) is 5.21. The van der Waals surface area contributed by atoms with E-state index >= 15 is 0 Å². The molecule has 5 aromatic rings. The molecule has 1 amide bonds. The van der Waals surface area contributed by atoms with Gasteiger partial charge in [0.2, 0.25) is 0 Å². The van der Waals surface area contributed by atoms with Crippen LogP contribution < -0.4 is 10.9 Å². The van der Waals surface area contributed by atoms with Crippen molar-refractivity contribution >= 4 is 27.7 Å². The van der Waals surface area contributed by atoms with Crippen LogP contribution in [0.4, 0.5) is 0 Å². The van der Waals surface area contributed by atoms with E-state index in [9.17, 15) is 9.59 Å². The quantitative estimate of drug-likeness (QED) is 0.455. The van der Waals surface area contributed by atoms with E-state index in [1.54, 1.807) is 33.9 Å². The molecule has 0 aliphatic rings. The molecule has 0 radical (unpaired) electrons. The molecule has 0 aliphatic heterocycles. The van der Waals surface area contributed by atoms with Crippen LogP contribution in [0.15, 0.2) is 90.1 Å². The number of nitrogens with one attached hydrogen (secondary N) is 1. The zero-order valence-electron chi connectivity index (χ0n) is 17.3. The standard InChI is InChI=1S/C25H21N5O2/c31-24(19-8-2-1-3-9-19)26-13-14-30-23-22(15-28-30)25(32)29(17-27-23)16-20-11-6-10-18-7-4-5-12-21(18)20/h1-12,15,17H,13-14,16H2,(H,26,31). The fraction of sp³-hybridized carbons (Fsp3) is 0.120. The van der Waals surface area contributed by atoms with Gasteiger partial charge < -0.3 is 5.32 Å². The van der Waals surface area contributed by atoms with E-state index in [1.807, 2.05) is 42.5 Å². The van der Waals surface area contributed by atoms with Gasteiger partial charge in [0, 0.05) is 12.1 Å². The van der Waals surface area contributed by atoms with E-state index in [0.717, 1.165) is 16.3 Å². The lowest BCUT2D eigenvalue weighted by molar-refractivity contribution is 0.0952. The number of benzene rings is 3. The molecular weight excluding hydrogens is 402 g/mol. The predicted molar refractivity (Wildman–Crippen MR) is 124 cm³/mol. The van der Waals surface area contributed by atoms with Gasteiger partial charge in [-0.05, 0) is 28.5 Å². The van der Waals surface area contributed by atoms with E-state index in [0.29, 0.717) is 36.2 Å². The molecular formula is C25H21N5O2. The minimum atomic E-state index is -0.146. The van der Waals surface area contributed by atoms with E-state index in [4.69, 9.17) is 0 Å². The number of fused-ring (bicyclic) bond motifs is 2. The molecule has 2 aromatic heterocycles. The Morgan fingerprint density at radius 2 is 1.69 bits per heavy atom. The maximum absolute atomic E-state index is 13.0. The smallest absolute Gasteiger partial charge is 0.264 e. The second kappa shape index (κ2) is 8.47. The van der Waals surface area contributed by atoms with Gasteiger partial charge in [-0.25, -0.2) is 9.67 Å². The van der Waals surface area contributed by atoms with Crippen molar-refractivity contribution in [2.75, 3.05) is 6.54 Å². The van der Waals surface area contributed by atoms with Gasteiger partial charge in [0.05, 0.1) is 19.3 Å². The summed E-state index contributed by atoms with van der Waals surface area (Å²) in [6, 6.07) is 23.2. The fourth-order valence-electron chi connectivity index (χ4n) is 3.85. The topological polar surface area (TPSA) is 81.8 Å². The van der Waals surface area contributed by atoms with Crippen LogP contribution in [0.3, 0.4) is 0 Å². The molecule has 0 saturated carbocycles. The van der Waals surface area contributed by atoms with Crippen LogP contribution in [0.25, 0.3) is 21.8 Å². The summed E-state index contributed by atoms with van der Waals surface area (Å²) in [5.74, 6) is -0.146. The number of rotatable bonds is 6. The molecule has 3 aromatic carbocycles. The van der Waals surface area contributed by atoms with Crippen molar-refractivity contribution in [3.63, 3.8) is 0 Å². The summed E-state index contributed by atoms with van der Waals surface area (Å²) < 4.78 is 3.25. The lowest BCUT2D eigenvalue weighted by Gasteiger charge is -2.09. The van der Waals surface area contributed by atoms with Crippen molar-refractivity contribution < 1.29 is 4.79 Å². The van der Waals surface area contributed by atoms with Gasteiger partial charge in [0.1, 0.15) is 11.7 Å². The molecule has 5 rings (SSSR count). The van der Waals surface area contributed by atoms with E-state index in [2.05, 4.69) is 33.6 Å². The van der Waals surface area contributed by atoms with Crippen molar-refractivity contribution in [1.29, 1.82) is 0 Å². The van der Waals surface area contributed by atoms with Crippen molar-refractivity contribution in [3.05, 3.63) is 107 Å². The first-order valence-corrected chi connectivity index (χ1v) is 10.4. The van der Waals surface area contributed by atoms with Crippen LogP contribution in [0.5, 0.6) is 0 Å². The number of hydrogen-bond donors (Lipinski definition) is 1. The zero-order valence-corrected chi connectivity index (χ0v) is 17.3. The van der Waals surface area contributed by atoms with Crippen LogP contribution in [-0.4, -0.2) is 31.8 Å². The molecule has 2 heterocycles. The minimum Gasteiger partial charge on any atom is -0.350 e. The number of aromatic nitrogens is 4. The van der Waals surface area contributed by atoms with Gasteiger partial charge in [0.25, 0.3) is 11.5 Å². The van der Waals surface area contributed by atoms with Gasteiger partial charge in [-0.1, -0.05) is 60.7 Å². The normalized spacial score (nSPS) is 11.1. The average Bonchev–Trinajstić information content (AvgIpc) is 3.25. The minimum absolute atomic E-state index is 0.137. The highest BCUT2D eigenvalue weighted by Gasteiger charge is 2.12. The van der Waals surface area contributed by atoms with Gasteiger partial charge in [-0.15, -0.1) is 0 Å². The molecule has 7 heteroatoms. The Labute approximate surface area is 183 Å². The lowest BCUT2D eigenvalue weighted by Crippen LogP contribution is -2.27. The number of carbonyl (C=O) groups excluding carboxylic acids is 1. The van der Waals surface area contributed by atoms with Gasteiger partial charge in [-0.2, -0.15) is 5.10 Å². The first kappa shape index (κ1) is 19.7. The second-order valence-corrected chi connectivity index (χ2v) is 7.54. The molecule has 32 heavy (non-hydrogen) atoms. The van der Waals surface area contributed by atoms with Crippen LogP contribution in [0, 0.1) is 0 Å². The Hall–Kier alpha value is -4.26. The predicted octanol–water partition coefficient (Wildman–Crippen LogP) is 3.22. The Morgan fingerprint density at radius 1 is 0.906 bits per heavy atom. The first-order valence-electron chi connectivity index (χ1n) is 10.4. The Morgan fingerprint density at radius 3 is 2.56 bits per heavy atom. The Bertz CT molecular complexity index is 1470. The SMILES string of the molecule is O=C(NCCn1ncc2c(=O)n(Cc3cccc4ccccc34)cnc21)c1ccccc1. The maximum Gasteiger partial charge on any atom is 0.264 e. The molecule has 7 nitrogen and oxygen atoms in total. The highest BCUT2D eigenvalue weighted by atomic mass is 16.1. The summed E-state index contributed by atoms with van der Waals surface area (Å²) >= 11 is 0. The maximum atomic E-state index is 13.0. The highest BCUT2D eigenvalue weighted by molar-refractivity contribution is 5.94. The number of carbonyl (C=O) groups is 1. The summed E-state index contributed by atoms with van der Waals surface area (Å²) in [4.78, 5) is 29.7. The average molecular weight is 423 g/mol. The molecule has 0 spiro atoms.